The van der Waals surface area contributed by atoms with Gasteiger partial charge in [0.15, 0.2) is 5.78 Å². The SMILES string of the molecule is CCOC(CCC[C@H](O)C(=O)[C@@H](O)CCCC(CC(F)(F)F)OCC)CC(F)(F)F. The zero-order chi connectivity index (χ0) is 23.4. The van der Waals surface area contributed by atoms with Crippen molar-refractivity contribution in [1.29, 1.82) is 0 Å². The maximum absolute atomic E-state index is 12.5. The van der Waals surface area contributed by atoms with E-state index >= 15 is 0 Å². The van der Waals surface area contributed by atoms with Gasteiger partial charge in [0.25, 0.3) is 0 Å². The molecule has 0 spiro atoms. The molecule has 0 aromatic heterocycles. The Labute approximate surface area is 172 Å². The van der Waals surface area contributed by atoms with Crippen molar-refractivity contribution in [3.05, 3.63) is 0 Å². The van der Waals surface area contributed by atoms with E-state index in [-0.39, 0.29) is 51.7 Å². The van der Waals surface area contributed by atoms with Gasteiger partial charge in [-0.3, -0.25) is 4.79 Å². The van der Waals surface area contributed by atoms with Gasteiger partial charge in [-0.2, -0.15) is 26.3 Å². The quantitative estimate of drug-likeness (QED) is 0.340. The third-order valence-electron chi connectivity index (χ3n) is 4.39. The standard InChI is InChI=1S/C19H32F6O5/c1-3-29-13(11-18(20,21)22)7-5-9-15(26)17(28)16(27)10-6-8-14(30-4-2)12-19(23,24)25/h13-16,26-27H,3-12H2,1-2H3/t13?,14?,15-,16-/m0/s1. The first kappa shape index (κ1) is 29.1. The van der Waals surface area contributed by atoms with Crippen LogP contribution in [0.15, 0.2) is 0 Å². The molecule has 5 nitrogen and oxygen atoms in total. The van der Waals surface area contributed by atoms with Crippen LogP contribution >= 0.6 is 0 Å². The fourth-order valence-electron chi connectivity index (χ4n) is 3.06. The number of ether oxygens (including phenoxy) is 2. The monoisotopic (exact) mass is 454 g/mol. The number of hydrogen-bond acceptors (Lipinski definition) is 5. The van der Waals surface area contributed by atoms with E-state index in [1.807, 2.05) is 0 Å². The minimum Gasteiger partial charge on any atom is -0.385 e. The molecule has 0 bridgehead atoms. The summed E-state index contributed by atoms with van der Waals surface area (Å²) in [5.41, 5.74) is 0. The lowest BCUT2D eigenvalue weighted by Crippen LogP contribution is -2.33. The summed E-state index contributed by atoms with van der Waals surface area (Å²) in [5, 5.41) is 19.7. The van der Waals surface area contributed by atoms with Gasteiger partial charge >= 0.3 is 12.4 Å². The van der Waals surface area contributed by atoms with Gasteiger partial charge in [0.05, 0.1) is 25.0 Å². The first-order chi connectivity index (χ1) is 13.8. The Bertz CT molecular complexity index is 429. The van der Waals surface area contributed by atoms with Gasteiger partial charge in [-0.05, 0) is 52.4 Å². The van der Waals surface area contributed by atoms with Crippen LogP contribution in [0, 0.1) is 0 Å². The van der Waals surface area contributed by atoms with Crippen molar-refractivity contribution in [2.75, 3.05) is 13.2 Å². The molecule has 11 heteroatoms. The number of ketones is 1. The highest BCUT2D eigenvalue weighted by molar-refractivity contribution is 5.86. The summed E-state index contributed by atoms with van der Waals surface area (Å²) in [7, 11) is 0. The van der Waals surface area contributed by atoms with Gasteiger partial charge in [0.2, 0.25) is 0 Å². The first-order valence-electron chi connectivity index (χ1n) is 10.1. The highest BCUT2D eigenvalue weighted by atomic mass is 19.4. The molecular formula is C19H32F6O5. The Morgan fingerprint density at radius 2 is 1.07 bits per heavy atom. The van der Waals surface area contributed by atoms with Crippen molar-refractivity contribution in [3.63, 3.8) is 0 Å². The van der Waals surface area contributed by atoms with Crippen LogP contribution in [0.5, 0.6) is 0 Å². The first-order valence-corrected chi connectivity index (χ1v) is 10.1. The zero-order valence-electron chi connectivity index (χ0n) is 17.3. The number of carbonyl (C=O) groups excluding carboxylic acids is 1. The number of carbonyl (C=O) groups is 1. The zero-order valence-corrected chi connectivity index (χ0v) is 17.3. The molecule has 0 rings (SSSR count). The van der Waals surface area contributed by atoms with Crippen molar-refractivity contribution in [1.82, 2.24) is 0 Å². The summed E-state index contributed by atoms with van der Waals surface area (Å²) >= 11 is 0. The van der Waals surface area contributed by atoms with E-state index < -0.39 is 55.4 Å². The fourth-order valence-corrected chi connectivity index (χ4v) is 3.06. The average Bonchev–Trinajstić information content (AvgIpc) is 2.58. The van der Waals surface area contributed by atoms with Crippen LogP contribution in [0.3, 0.4) is 0 Å². The molecule has 0 saturated heterocycles. The number of Topliss-reactive ketones (excluding diaryl/α,β-unsaturated/α-hetero) is 1. The Kier molecular flexibility index (Phi) is 13.8. The molecule has 0 radical (unpaired) electrons. The summed E-state index contributed by atoms with van der Waals surface area (Å²) in [4.78, 5) is 12.0. The summed E-state index contributed by atoms with van der Waals surface area (Å²) in [5.74, 6) is -0.900. The van der Waals surface area contributed by atoms with Gasteiger partial charge in [-0.25, -0.2) is 0 Å². The van der Waals surface area contributed by atoms with Gasteiger partial charge in [0, 0.05) is 13.2 Å². The van der Waals surface area contributed by atoms with Crippen LogP contribution in [0.1, 0.15) is 65.2 Å². The maximum atomic E-state index is 12.5. The van der Waals surface area contributed by atoms with Gasteiger partial charge in [-0.1, -0.05) is 0 Å². The average molecular weight is 454 g/mol. The minimum absolute atomic E-state index is 0.0126. The van der Waals surface area contributed by atoms with Crippen molar-refractivity contribution >= 4 is 5.78 Å². The second-order valence-corrected chi connectivity index (χ2v) is 7.09. The van der Waals surface area contributed by atoms with E-state index in [2.05, 4.69) is 0 Å². The smallest absolute Gasteiger partial charge is 0.385 e. The molecule has 0 fully saturated rings. The molecule has 0 aliphatic carbocycles. The van der Waals surface area contributed by atoms with Crippen molar-refractivity contribution in [3.8, 4) is 0 Å². The summed E-state index contributed by atoms with van der Waals surface area (Å²) < 4.78 is 84.9. The number of aliphatic hydroxyl groups excluding tert-OH is 2. The largest absolute Gasteiger partial charge is 0.391 e. The lowest BCUT2D eigenvalue weighted by atomic mass is 9.98. The number of alkyl halides is 6. The predicted molar refractivity (Wildman–Crippen MR) is 96.9 cm³/mol. The second-order valence-electron chi connectivity index (χ2n) is 7.09. The number of rotatable bonds is 16. The number of aliphatic hydroxyl groups is 2. The van der Waals surface area contributed by atoms with Crippen LogP contribution in [-0.2, 0) is 14.3 Å². The molecule has 2 N–H and O–H groups in total. The molecule has 0 amide bonds. The van der Waals surface area contributed by atoms with Crippen molar-refractivity contribution in [2.24, 2.45) is 0 Å². The Morgan fingerprint density at radius 1 is 0.733 bits per heavy atom. The summed E-state index contributed by atoms with van der Waals surface area (Å²) in [6.07, 6.45) is -16.5. The normalized spacial score (nSPS) is 16.9. The summed E-state index contributed by atoms with van der Waals surface area (Å²) in [6.45, 7) is 3.31. The summed E-state index contributed by atoms with van der Waals surface area (Å²) in [6, 6.07) is 0. The topological polar surface area (TPSA) is 76.0 Å². The molecule has 180 valence electrons. The van der Waals surface area contributed by atoms with E-state index in [4.69, 9.17) is 9.47 Å². The second kappa shape index (κ2) is 14.2. The number of hydrogen-bond donors (Lipinski definition) is 2. The predicted octanol–water partition coefficient (Wildman–Crippen LogP) is 4.33. The van der Waals surface area contributed by atoms with E-state index in [0.717, 1.165) is 0 Å². The Morgan fingerprint density at radius 3 is 1.33 bits per heavy atom. The minimum atomic E-state index is -4.39. The molecule has 30 heavy (non-hydrogen) atoms. The molecule has 4 atom stereocenters. The van der Waals surface area contributed by atoms with Crippen LogP contribution < -0.4 is 0 Å². The van der Waals surface area contributed by atoms with Crippen LogP contribution in [0.25, 0.3) is 0 Å². The molecule has 0 saturated carbocycles. The lowest BCUT2D eigenvalue weighted by molar-refractivity contribution is -0.162. The van der Waals surface area contributed by atoms with E-state index in [9.17, 15) is 41.4 Å². The Hall–Kier alpha value is -0.910. The van der Waals surface area contributed by atoms with Crippen LogP contribution in [-0.4, -0.2) is 66.0 Å². The van der Waals surface area contributed by atoms with Gasteiger partial charge < -0.3 is 19.7 Å². The van der Waals surface area contributed by atoms with Crippen molar-refractivity contribution in [2.45, 2.75) is 102 Å². The molecule has 0 aromatic rings. The van der Waals surface area contributed by atoms with E-state index in [1.165, 1.54) is 0 Å². The van der Waals surface area contributed by atoms with Crippen LogP contribution in [0.4, 0.5) is 26.3 Å². The van der Waals surface area contributed by atoms with Gasteiger partial charge in [0.1, 0.15) is 12.2 Å². The third kappa shape index (κ3) is 15.0. The van der Waals surface area contributed by atoms with Gasteiger partial charge in [-0.15, -0.1) is 0 Å². The van der Waals surface area contributed by atoms with E-state index in [1.54, 1.807) is 13.8 Å². The van der Waals surface area contributed by atoms with Crippen molar-refractivity contribution < 1.29 is 50.8 Å². The highest BCUT2D eigenvalue weighted by Crippen LogP contribution is 2.27. The molecular weight excluding hydrogens is 422 g/mol. The molecule has 0 aliphatic rings. The van der Waals surface area contributed by atoms with Crippen LogP contribution in [0.2, 0.25) is 0 Å². The lowest BCUT2D eigenvalue weighted by Gasteiger charge is -2.20. The Balaban J connectivity index is 4.35. The molecule has 0 heterocycles. The fraction of sp³-hybridized carbons (Fsp3) is 0.947. The molecule has 0 aliphatic heterocycles. The highest BCUT2D eigenvalue weighted by Gasteiger charge is 2.33. The number of halogens is 6. The third-order valence-corrected chi connectivity index (χ3v) is 4.39. The molecule has 0 aromatic carbocycles. The van der Waals surface area contributed by atoms with E-state index in [0.29, 0.717) is 0 Å². The maximum Gasteiger partial charge on any atom is 0.391 e. The molecule has 2 unspecified atom stereocenters.